The van der Waals surface area contributed by atoms with E-state index in [4.69, 9.17) is 4.74 Å². The lowest BCUT2D eigenvalue weighted by Gasteiger charge is -2.31. The van der Waals surface area contributed by atoms with Gasteiger partial charge in [0.2, 0.25) is 10.0 Å². The van der Waals surface area contributed by atoms with Crippen molar-refractivity contribution in [3.8, 4) is 5.75 Å². The van der Waals surface area contributed by atoms with Crippen molar-refractivity contribution in [1.29, 1.82) is 0 Å². The smallest absolute Gasteiger partial charge is 0.232 e. The largest absolute Gasteiger partial charge is 0.493 e. The Balaban J connectivity index is 1.52. The number of anilines is 1. The van der Waals surface area contributed by atoms with E-state index >= 15 is 0 Å². The standard InChI is InChI=1S/C27H35N3O3S/c1-3-18-34(31,32)30-23-7-4-6-22(19-23)24(21-12-15-28-16-13-21)14-17-33-27-9-5-8-26-25(27)11-10-20(2)29-26/h4-11,19,21,24,28,30H,3,12-18H2,1-2H3. The highest BCUT2D eigenvalue weighted by Crippen LogP contribution is 2.35. The van der Waals surface area contributed by atoms with Crippen LogP contribution in [0.25, 0.3) is 10.9 Å². The molecule has 7 heteroatoms. The minimum atomic E-state index is -3.32. The third-order valence-electron chi connectivity index (χ3n) is 6.53. The molecule has 3 aromatic rings. The van der Waals surface area contributed by atoms with Crippen LogP contribution in [0.1, 0.15) is 49.8 Å². The van der Waals surface area contributed by atoms with Crippen LogP contribution < -0.4 is 14.8 Å². The van der Waals surface area contributed by atoms with Gasteiger partial charge in [-0.25, -0.2) is 8.42 Å². The second-order valence-electron chi connectivity index (χ2n) is 9.15. The average Bonchev–Trinajstić information content (AvgIpc) is 2.82. The van der Waals surface area contributed by atoms with E-state index in [1.54, 1.807) is 0 Å². The van der Waals surface area contributed by atoms with Gasteiger partial charge in [-0.2, -0.15) is 0 Å². The molecule has 6 nitrogen and oxygen atoms in total. The Kier molecular flexibility index (Phi) is 8.06. The molecular formula is C27H35N3O3S. The summed E-state index contributed by atoms with van der Waals surface area (Å²) in [6.07, 6.45) is 3.67. The number of fused-ring (bicyclic) bond motifs is 1. The summed E-state index contributed by atoms with van der Waals surface area (Å²) in [5.41, 5.74) is 3.74. The molecule has 4 rings (SSSR count). The molecule has 1 unspecified atom stereocenters. The molecule has 182 valence electrons. The minimum absolute atomic E-state index is 0.127. The van der Waals surface area contributed by atoms with Crippen LogP contribution in [-0.2, 0) is 10.0 Å². The maximum Gasteiger partial charge on any atom is 0.232 e. The molecule has 2 N–H and O–H groups in total. The molecule has 0 spiro atoms. The van der Waals surface area contributed by atoms with E-state index in [-0.39, 0.29) is 5.75 Å². The van der Waals surface area contributed by atoms with Crippen LogP contribution in [0, 0.1) is 12.8 Å². The fraction of sp³-hybridized carbons (Fsp3) is 0.444. The van der Waals surface area contributed by atoms with Crippen molar-refractivity contribution in [2.24, 2.45) is 5.92 Å². The zero-order chi connectivity index (χ0) is 24.0. The predicted octanol–water partition coefficient (Wildman–Crippen LogP) is 5.25. The third-order valence-corrected chi connectivity index (χ3v) is 8.02. The first-order valence-electron chi connectivity index (χ1n) is 12.3. The molecule has 2 heterocycles. The number of aryl methyl sites for hydroxylation is 1. The Bertz CT molecular complexity index is 1210. The van der Waals surface area contributed by atoms with Gasteiger partial charge in [-0.3, -0.25) is 9.71 Å². The summed E-state index contributed by atoms with van der Waals surface area (Å²) in [7, 11) is -3.32. The molecular weight excluding hydrogens is 446 g/mol. The van der Waals surface area contributed by atoms with Crippen molar-refractivity contribution in [2.75, 3.05) is 30.2 Å². The van der Waals surface area contributed by atoms with Gasteiger partial charge in [-0.05, 0) is 99.5 Å². The second kappa shape index (κ2) is 11.2. The van der Waals surface area contributed by atoms with Gasteiger partial charge in [-0.1, -0.05) is 25.1 Å². The van der Waals surface area contributed by atoms with Gasteiger partial charge in [-0.15, -0.1) is 0 Å². The lowest BCUT2D eigenvalue weighted by molar-refractivity contribution is 0.249. The Morgan fingerprint density at radius 3 is 2.71 bits per heavy atom. The lowest BCUT2D eigenvalue weighted by Crippen LogP contribution is -2.31. The molecule has 0 amide bonds. The third kappa shape index (κ3) is 6.27. The normalized spacial score (nSPS) is 15.8. The molecule has 0 aliphatic carbocycles. The van der Waals surface area contributed by atoms with E-state index in [9.17, 15) is 8.42 Å². The predicted molar refractivity (Wildman–Crippen MR) is 139 cm³/mol. The number of hydrogen-bond donors (Lipinski definition) is 2. The number of aromatic nitrogens is 1. The molecule has 0 saturated carbocycles. The van der Waals surface area contributed by atoms with Crippen LogP contribution in [0.3, 0.4) is 0 Å². The number of pyridine rings is 1. The number of sulfonamides is 1. The highest BCUT2D eigenvalue weighted by molar-refractivity contribution is 7.92. The first-order chi connectivity index (χ1) is 16.4. The van der Waals surface area contributed by atoms with Crippen molar-refractivity contribution in [3.05, 3.63) is 65.9 Å². The number of hydrogen-bond acceptors (Lipinski definition) is 5. The number of piperidine rings is 1. The zero-order valence-corrected chi connectivity index (χ0v) is 20.9. The molecule has 1 atom stereocenters. The van der Waals surface area contributed by atoms with Crippen LogP contribution in [-0.4, -0.2) is 38.9 Å². The van der Waals surface area contributed by atoms with Crippen LogP contribution in [0.5, 0.6) is 5.75 Å². The van der Waals surface area contributed by atoms with Crippen LogP contribution in [0.15, 0.2) is 54.6 Å². The molecule has 0 bridgehead atoms. The topological polar surface area (TPSA) is 80.3 Å². The molecule has 34 heavy (non-hydrogen) atoms. The summed E-state index contributed by atoms with van der Waals surface area (Å²) < 4.78 is 33.6. The molecule has 1 aliphatic rings. The molecule has 1 fully saturated rings. The summed E-state index contributed by atoms with van der Waals surface area (Å²) in [5.74, 6) is 1.81. The van der Waals surface area contributed by atoms with Crippen molar-refractivity contribution >= 4 is 26.6 Å². The van der Waals surface area contributed by atoms with Crippen molar-refractivity contribution < 1.29 is 13.2 Å². The van der Waals surface area contributed by atoms with E-state index in [1.165, 1.54) is 5.56 Å². The fourth-order valence-electron chi connectivity index (χ4n) is 4.90. The zero-order valence-electron chi connectivity index (χ0n) is 20.1. The monoisotopic (exact) mass is 481 g/mol. The summed E-state index contributed by atoms with van der Waals surface area (Å²) >= 11 is 0. The van der Waals surface area contributed by atoms with Gasteiger partial charge in [0, 0.05) is 16.8 Å². The Labute approximate surface area is 203 Å². The van der Waals surface area contributed by atoms with Gasteiger partial charge in [0.15, 0.2) is 0 Å². The van der Waals surface area contributed by atoms with Gasteiger partial charge in [0.05, 0.1) is 17.9 Å². The number of benzene rings is 2. The highest BCUT2D eigenvalue weighted by Gasteiger charge is 2.25. The molecule has 1 aliphatic heterocycles. The van der Waals surface area contributed by atoms with Crippen LogP contribution in [0.4, 0.5) is 5.69 Å². The first-order valence-corrected chi connectivity index (χ1v) is 13.9. The Hall–Kier alpha value is -2.64. The average molecular weight is 482 g/mol. The van der Waals surface area contributed by atoms with E-state index in [0.29, 0.717) is 30.6 Å². The summed E-state index contributed by atoms with van der Waals surface area (Å²) in [5, 5.41) is 4.48. The van der Waals surface area contributed by atoms with E-state index in [0.717, 1.165) is 54.7 Å². The summed E-state index contributed by atoms with van der Waals surface area (Å²) in [4.78, 5) is 4.61. The lowest BCUT2D eigenvalue weighted by atomic mass is 9.78. The van der Waals surface area contributed by atoms with Crippen LogP contribution in [0.2, 0.25) is 0 Å². The maximum absolute atomic E-state index is 12.3. The number of ether oxygens (including phenoxy) is 1. The minimum Gasteiger partial charge on any atom is -0.493 e. The second-order valence-corrected chi connectivity index (χ2v) is 11.0. The van der Waals surface area contributed by atoms with Crippen molar-refractivity contribution in [1.82, 2.24) is 10.3 Å². The fourth-order valence-corrected chi connectivity index (χ4v) is 6.03. The van der Waals surface area contributed by atoms with Crippen molar-refractivity contribution in [2.45, 2.75) is 45.4 Å². The Morgan fingerprint density at radius 2 is 1.91 bits per heavy atom. The van der Waals surface area contributed by atoms with Gasteiger partial charge in [0.25, 0.3) is 0 Å². The van der Waals surface area contributed by atoms with E-state index in [2.05, 4.69) is 27.2 Å². The Morgan fingerprint density at radius 1 is 1.12 bits per heavy atom. The summed E-state index contributed by atoms with van der Waals surface area (Å²) in [6.45, 7) is 6.48. The number of rotatable bonds is 10. The number of nitrogens with one attached hydrogen (secondary N) is 2. The van der Waals surface area contributed by atoms with Gasteiger partial charge >= 0.3 is 0 Å². The molecule has 0 radical (unpaired) electrons. The van der Waals surface area contributed by atoms with Crippen LogP contribution >= 0.6 is 0 Å². The van der Waals surface area contributed by atoms with E-state index < -0.39 is 10.0 Å². The summed E-state index contributed by atoms with van der Waals surface area (Å²) in [6, 6.07) is 18.0. The molecule has 1 aromatic heterocycles. The van der Waals surface area contributed by atoms with Crippen molar-refractivity contribution in [3.63, 3.8) is 0 Å². The number of nitrogens with zero attached hydrogens (tertiary/aromatic N) is 1. The first kappa shape index (κ1) is 24.5. The molecule has 1 saturated heterocycles. The van der Waals surface area contributed by atoms with E-state index in [1.807, 2.05) is 56.3 Å². The van der Waals surface area contributed by atoms with Gasteiger partial charge in [0.1, 0.15) is 5.75 Å². The highest BCUT2D eigenvalue weighted by atomic mass is 32.2. The quantitative estimate of drug-likeness (QED) is 0.414. The SMILES string of the molecule is CCCS(=O)(=O)Nc1cccc(C(CCOc2cccc3nc(C)ccc23)C2CCNCC2)c1. The van der Waals surface area contributed by atoms with Gasteiger partial charge < -0.3 is 10.1 Å². The molecule has 2 aromatic carbocycles. The maximum atomic E-state index is 12.3.